The monoisotopic (exact) mass is 255 g/mol. The number of hydrogen-bond donors (Lipinski definition) is 2. The fraction of sp³-hybridized carbons (Fsp3) is 0. The number of nitrogens with zero attached hydrogens (tertiary/aromatic N) is 1. The predicted octanol–water partition coefficient (Wildman–Crippen LogP) is 2.61. The summed E-state index contributed by atoms with van der Waals surface area (Å²) in [5, 5.41) is 2.07. The van der Waals surface area contributed by atoms with Crippen molar-refractivity contribution in [1.29, 1.82) is 0 Å². The lowest BCUT2D eigenvalue weighted by Gasteiger charge is -2.22. The molecule has 0 aliphatic heterocycles. The summed E-state index contributed by atoms with van der Waals surface area (Å²) >= 11 is 0. The molecule has 0 atom stereocenters. The summed E-state index contributed by atoms with van der Waals surface area (Å²) in [6, 6.07) is 16.5. The highest BCUT2D eigenvalue weighted by molar-refractivity contribution is 6.06. The molecule has 0 fully saturated rings. The molecular weight excluding hydrogens is 242 g/mol. The first kappa shape index (κ1) is 12.6. The van der Waals surface area contributed by atoms with Gasteiger partial charge in [-0.25, -0.2) is 9.59 Å². The highest BCUT2D eigenvalue weighted by Crippen LogP contribution is 2.24. The summed E-state index contributed by atoms with van der Waals surface area (Å²) < 4.78 is 0. The first-order valence-electron chi connectivity index (χ1n) is 5.69. The van der Waals surface area contributed by atoms with E-state index < -0.39 is 12.1 Å². The first-order valence-corrected chi connectivity index (χ1v) is 5.69. The zero-order valence-corrected chi connectivity index (χ0v) is 10.1. The number of rotatable bonds is 2. The molecule has 2 aromatic rings. The Morgan fingerprint density at radius 2 is 1.26 bits per heavy atom. The van der Waals surface area contributed by atoms with Crippen LogP contribution in [0.4, 0.5) is 21.0 Å². The molecule has 0 bridgehead atoms. The number of primary amides is 1. The lowest BCUT2D eigenvalue weighted by atomic mass is 10.2. The molecule has 19 heavy (non-hydrogen) atoms. The van der Waals surface area contributed by atoms with E-state index >= 15 is 0 Å². The number of urea groups is 2. The average Bonchev–Trinajstić information content (AvgIpc) is 2.40. The normalized spacial score (nSPS) is 9.68. The van der Waals surface area contributed by atoms with Gasteiger partial charge in [0.2, 0.25) is 0 Å². The molecule has 0 saturated heterocycles. The minimum absolute atomic E-state index is 0.593. The van der Waals surface area contributed by atoms with Crippen molar-refractivity contribution in [2.45, 2.75) is 0 Å². The van der Waals surface area contributed by atoms with Gasteiger partial charge in [-0.05, 0) is 24.3 Å². The maximum Gasteiger partial charge on any atom is 0.334 e. The Morgan fingerprint density at radius 3 is 1.63 bits per heavy atom. The summed E-state index contributed by atoms with van der Waals surface area (Å²) in [4.78, 5) is 24.3. The number of hydrogen-bond acceptors (Lipinski definition) is 2. The molecule has 0 unspecified atom stereocenters. The van der Waals surface area contributed by atoms with E-state index in [4.69, 9.17) is 5.73 Å². The van der Waals surface area contributed by atoms with Gasteiger partial charge >= 0.3 is 12.1 Å². The van der Waals surface area contributed by atoms with Gasteiger partial charge in [-0.1, -0.05) is 36.4 Å². The number of amides is 4. The number of imide groups is 1. The minimum atomic E-state index is -0.887. The standard InChI is InChI=1S/C14H13N3O2/c15-13(18)16-14(19)17(11-7-3-1-4-8-11)12-9-5-2-6-10-12/h1-10H,(H3,15,16,18,19). The van der Waals surface area contributed by atoms with Crippen LogP contribution in [0.3, 0.4) is 0 Å². The van der Waals surface area contributed by atoms with Gasteiger partial charge in [0.05, 0.1) is 11.4 Å². The van der Waals surface area contributed by atoms with E-state index in [2.05, 4.69) is 5.32 Å². The Morgan fingerprint density at radius 1 is 0.842 bits per heavy atom. The molecule has 0 heterocycles. The van der Waals surface area contributed by atoms with Gasteiger partial charge in [0.15, 0.2) is 0 Å². The van der Waals surface area contributed by atoms with Crippen LogP contribution in [0.1, 0.15) is 0 Å². The number of nitrogens with one attached hydrogen (secondary N) is 1. The van der Waals surface area contributed by atoms with Crippen molar-refractivity contribution in [3.05, 3.63) is 60.7 Å². The number of nitrogens with two attached hydrogens (primary N) is 1. The van der Waals surface area contributed by atoms with Crippen molar-refractivity contribution in [2.24, 2.45) is 5.73 Å². The van der Waals surface area contributed by atoms with Gasteiger partial charge in [0, 0.05) is 0 Å². The average molecular weight is 255 g/mol. The van der Waals surface area contributed by atoms with Crippen molar-refractivity contribution < 1.29 is 9.59 Å². The summed E-state index contributed by atoms with van der Waals surface area (Å²) in [7, 11) is 0. The predicted molar refractivity (Wildman–Crippen MR) is 73.1 cm³/mol. The second-order valence-electron chi connectivity index (χ2n) is 3.80. The van der Waals surface area contributed by atoms with Gasteiger partial charge in [-0.2, -0.15) is 0 Å². The maximum absolute atomic E-state index is 12.1. The van der Waals surface area contributed by atoms with Crippen LogP contribution in [-0.2, 0) is 0 Å². The first-order chi connectivity index (χ1) is 9.18. The molecule has 0 saturated carbocycles. The van der Waals surface area contributed by atoms with E-state index in [-0.39, 0.29) is 0 Å². The Kier molecular flexibility index (Phi) is 3.78. The molecule has 2 aromatic carbocycles. The Labute approximate surface area is 110 Å². The number of benzene rings is 2. The molecule has 96 valence electrons. The van der Waals surface area contributed by atoms with E-state index in [9.17, 15) is 9.59 Å². The SMILES string of the molecule is NC(=O)NC(=O)N(c1ccccc1)c1ccccc1. The lowest BCUT2D eigenvalue weighted by molar-refractivity contribution is 0.236. The Balaban J connectivity index is 2.40. The third-order valence-corrected chi connectivity index (χ3v) is 2.46. The number of carbonyl (C=O) groups excluding carboxylic acids is 2. The Bertz CT molecular complexity index is 530. The third kappa shape index (κ3) is 3.10. The molecule has 0 aliphatic carbocycles. The quantitative estimate of drug-likeness (QED) is 0.865. The molecule has 0 radical (unpaired) electrons. The molecule has 3 N–H and O–H groups in total. The highest BCUT2D eigenvalue weighted by Gasteiger charge is 2.18. The fourth-order valence-electron chi connectivity index (χ4n) is 1.70. The van der Waals surface area contributed by atoms with Crippen LogP contribution in [0.2, 0.25) is 0 Å². The van der Waals surface area contributed by atoms with E-state index in [1.54, 1.807) is 24.3 Å². The lowest BCUT2D eigenvalue weighted by Crippen LogP contribution is -2.43. The molecule has 5 heteroatoms. The zero-order valence-electron chi connectivity index (χ0n) is 10.1. The van der Waals surface area contributed by atoms with Crippen molar-refractivity contribution in [3.63, 3.8) is 0 Å². The topological polar surface area (TPSA) is 75.4 Å². The molecule has 5 nitrogen and oxygen atoms in total. The van der Waals surface area contributed by atoms with Crippen LogP contribution in [0.15, 0.2) is 60.7 Å². The maximum atomic E-state index is 12.1. The van der Waals surface area contributed by atoms with Crippen molar-refractivity contribution in [3.8, 4) is 0 Å². The molecule has 4 amide bonds. The van der Waals surface area contributed by atoms with Gasteiger partial charge in [0.25, 0.3) is 0 Å². The Hall–Kier alpha value is -2.82. The van der Waals surface area contributed by atoms with Crippen molar-refractivity contribution in [2.75, 3.05) is 4.90 Å². The minimum Gasteiger partial charge on any atom is -0.351 e. The van der Waals surface area contributed by atoms with Crippen molar-refractivity contribution >= 4 is 23.4 Å². The van der Waals surface area contributed by atoms with E-state index in [1.807, 2.05) is 36.4 Å². The van der Waals surface area contributed by atoms with Crippen LogP contribution in [-0.4, -0.2) is 12.1 Å². The smallest absolute Gasteiger partial charge is 0.334 e. The molecule has 0 aliphatic rings. The molecule has 2 rings (SSSR count). The number of para-hydroxylation sites is 2. The van der Waals surface area contributed by atoms with Gasteiger partial charge in [0.1, 0.15) is 0 Å². The third-order valence-electron chi connectivity index (χ3n) is 2.46. The van der Waals surface area contributed by atoms with E-state index in [0.717, 1.165) is 0 Å². The van der Waals surface area contributed by atoms with Crippen LogP contribution in [0.25, 0.3) is 0 Å². The van der Waals surface area contributed by atoms with Crippen LogP contribution >= 0.6 is 0 Å². The summed E-state index contributed by atoms with van der Waals surface area (Å²) in [6.45, 7) is 0. The highest BCUT2D eigenvalue weighted by atomic mass is 16.2. The zero-order chi connectivity index (χ0) is 13.7. The van der Waals surface area contributed by atoms with Crippen LogP contribution in [0.5, 0.6) is 0 Å². The second-order valence-corrected chi connectivity index (χ2v) is 3.80. The van der Waals surface area contributed by atoms with Crippen LogP contribution < -0.4 is 16.0 Å². The van der Waals surface area contributed by atoms with Gasteiger partial charge in [-0.3, -0.25) is 10.2 Å². The molecular formula is C14H13N3O2. The van der Waals surface area contributed by atoms with Crippen LogP contribution in [0, 0.1) is 0 Å². The summed E-state index contributed by atoms with van der Waals surface area (Å²) in [5.41, 5.74) is 6.28. The van der Waals surface area contributed by atoms with Gasteiger partial charge < -0.3 is 5.73 Å². The molecule has 0 aromatic heterocycles. The number of anilines is 2. The summed E-state index contributed by atoms with van der Waals surface area (Å²) in [5.74, 6) is 0. The molecule has 0 spiro atoms. The number of carbonyl (C=O) groups is 2. The van der Waals surface area contributed by atoms with E-state index in [1.165, 1.54) is 4.90 Å². The van der Waals surface area contributed by atoms with Gasteiger partial charge in [-0.15, -0.1) is 0 Å². The fourth-order valence-corrected chi connectivity index (χ4v) is 1.70. The van der Waals surface area contributed by atoms with Crippen molar-refractivity contribution in [1.82, 2.24) is 5.32 Å². The second kappa shape index (κ2) is 5.68. The van der Waals surface area contributed by atoms with E-state index in [0.29, 0.717) is 11.4 Å². The summed E-state index contributed by atoms with van der Waals surface area (Å²) in [6.07, 6.45) is 0. The largest absolute Gasteiger partial charge is 0.351 e.